The highest BCUT2D eigenvalue weighted by Gasteiger charge is 2.53. The molecule has 12 heteroatoms. The van der Waals surface area contributed by atoms with Crippen LogP contribution in [0.2, 0.25) is 0 Å². The number of hydrogen-bond donors (Lipinski definition) is 5. The fourth-order valence-corrected chi connectivity index (χ4v) is 8.46. The molecule has 3 heterocycles. The van der Waals surface area contributed by atoms with E-state index in [2.05, 4.69) is 0 Å². The maximum Gasteiger partial charge on any atom is 0.311 e. The summed E-state index contributed by atoms with van der Waals surface area (Å²) in [7, 11) is 3.83. The summed E-state index contributed by atoms with van der Waals surface area (Å²) < 4.78 is 32.1. The molecule has 49 heavy (non-hydrogen) atoms. The zero-order valence-electron chi connectivity index (χ0n) is 32.3. The average Bonchev–Trinajstić information content (AvgIpc) is 3.03. The lowest BCUT2D eigenvalue weighted by molar-refractivity contribution is -0.320. The molecular weight excluding hydrogens is 634 g/mol. The number of aliphatic hydroxyl groups excluding tert-OH is 4. The van der Waals surface area contributed by atoms with Gasteiger partial charge in [0.1, 0.15) is 17.8 Å². The number of likely N-dealkylation sites (N-methyl/N-ethyl adjacent to an activating group) is 1. The normalized spacial score (nSPS) is 51.2. The molecule has 19 atom stereocenters. The number of hydrogen-bond acceptors (Lipinski definition) is 12. The maximum atomic E-state index is 14.1. The van der Waals surface area contributed by atoms with Crippen molar-refractivity contribution < 1.29 is 54.0 Å². The first kappa shape index (κ1) is 42.5. The van der Waals surface area contributed by atoms with Crippen molar-refractivity contribution in [2.45, 2.75) is 181 Å². The maximum absolute atomic E-state index is 14.1. The molecule has 0 spiro atoms. The van der Waals surface area contributed by atoms with Gasteiger partial charge >= 0.3 is 5.97 Å². The van der Waals surface area contributed by atoms with E-state index in [4.69, 9.17) is 23.7 Å². The van der Waals surface area contributed by atoms with Crippen molar-refractivity contribution in [3.63, 3.8) is 0 Å². The first-order valence-corrected chi connectivity index (χ1v) is 18.5. The molecule has 0 aromatic heterocycles. The summed E-state index contributed by atoms with van der Waals surface area (Å²) in [6.07, 6.45) is -6.68. The van der Waals surface area contributed by atoms with Gasteiger partial charge in [0.25, 0.3) is 0 Å². The van der Waals surface area contributed by atoms with Crippen molar-refractivity contribution in [1.29, 1.82) is 0 Å². The van der Waals surface area contributed by atoms with Crippen LogP contribution in [-0.4, -0.2) is 129 Å². The van der Waals surface area contributed by atoms with Crippen LogP contribution in [0.3, 0.4) is 0 Å². The van der Waals surface area contributed by atoms with E-state index in [1.165, 1.54) is 6.92 Å². The van der Waals surface area contributed by atoms with E-state index in [1.807, 2.05) is 60.5 Å². The fourth-order valence-electron chi connectivity index (χ4n) is 8.46. The first-order valence-electron chi connectivity index (χ1n) is 18.5. The van der Waals surface area contributed by atoms with E-state index in [0.29, 0.717) is 19.3 Å². The van der Waals surface area contributed by atoms with E-state index in [-0.39, 0.29) is 36.3 Å². The smallest absolute Gasteiger partial charge is 0.311 e. The molecule has 10 unspecified atom stereocenters. The zero-order valence-corrected chi connectivity index (χ0v) is 32.3. The largest absolute Gasteiger partial charge is 0.459 e. The van der Waals surface area contributed by atoms with E-state index < -0.39 is 90.2 Å². The van der Waals surface area contributed by atoms with Crippen molar-refractivity contribution >= 4 is 5.97 Å². The highest BCUT2D eigenvalue weighted by Crippen LogP contribution is 2.44. The summed E-state index contributed by atoms with van der Waals surface area (Å²) in [5.74, 6) is -3.56. The summed E-state index contributed by atoms with van der Waals surface area (Å²) >= 11 is 0. The van der Waals surface area contributed by atoms with Gasteiger partial charge in [-0.1, -0.05) is 41.5 Å². The van der Waals surface area contributed by atoms with Gasteiger partial charge in [0.15, 0.2) is 12.6 Å². The molecule has 0 aromatic rings. The van der Waals surface area contributed by atoms with Crippen molar-refractivity contribution in [3.8, 4) is 0 Å². The number of aliphatic hydroxyl groups is 5. The van der Waals surface area contributed by atoms with Crippen LogP contribution < -0.4 is 0 Å². The van der Waals surface area contributed by atoms with Gasteiger partial charge in [0.2, 0.25) is 0 Å². The predicted octanol–water partition coefficient (Wildman–Crippen LogP) is 3.08. The lowest BCUT2D eigenvalue weighted by Gasteiger charge is -2.51. The summed E-state index contributed by atoms with van der Waals surface area (Å²) in [5, 5.41) is 56.7. The third kappa shape index (κ3) is 9.18. The minimum absolute atomic E-state index is 0.119. The number of esters is 1. The van der Waals surface area contributed by atoms with Gasteiger partial charge < -0.3 is 54.1 Å². The summed E-state index contributed by atoms with van der Waals surface area (Å²) in [6.45, 7) is 20.1. The van der Waals surface area contributed by atoms with Crippen LogP contribution in [0.1, 0.15) is 102 Å². The van der Waals surface area contributed by atoms with Crippen LogP contribution in [0.4, 0.5) is 0 Å². The second-order valence-electron chi connectivity index (χ2n) is 16.5. The fraction of sp³-hybridized carbons (Fsp3) is 0.973. The first-order chi connectivity index (χ1) is 22.6. The predicted molar refractivity (Wildman–Crippen MR) is 184 cm³/mol. The molecule has 0 aromatic carbocycles. The Hall–Kier alpha value is -0.930. The van der Waals surface area contributed by atoms with Gasteiger partial charge in [0, 0.05) is 24.3 Å². The molecule has 0 radical (unpaired) electrons. The quantitative estimate of drug-likeness (QED) is 0.257. The van der Waals surface area contributed by atoms with Crippen LogP contribution in [0, 0.1) is 35.5 Å². The van der Waals surface area contributed by atoms with Crippen LogP contribution in [-0.2, 0) is 28.5 Å². The molecule has 3 fully saturated rings. The van der Waals surface area contributed by atoms with Crippen molar-refractivity contribution in [3.05, 3.63) is 0 Å². The van der Waals surface area contributed by atoms with E-state index >= 15 is 0 Å². The molecule has 288 valence electrons. The Labute approximate surface area is 294 Å². The van der Waals surface area contributed by atoms with Crippen LogP contribution >= 0.6 is 0 Å². The molecule has 5 N–H and O–H groups in total. The number of carbonyl (C=O) groups excluding carboxylic acids is 1. The van der Waals surface area contributed by atoms with E-state index in [1.54, 1.807) is 27.7 Å². The monoisotopic (exact) mass is 703 g/mol. The number of cyclic esters (lactones) is 1. The third-order valence-electron chi connectivity index (χ3n) is 12.4. The third-order valence-corrected chi connectivity index (χ3v) is 12.4. The summed E-state index contributed by atoms with van der Waals surface area (Å²) in [4.78, 5) is 16.0. The van der Waals surface area contributed by atoms with E-state index in [0.717, 1.165) is 0 Å². The Morgan fingerprint density at radius 2 is 1.45 bits per heavy atom. The minimum atomic E-state index is -1.85. The molecule has 0 amide bonds. The molecule has 0 saturated carbocycles. The minimum Gasteiger partial charge on any atom is -0.459 e. The molecule has 3 saturated heterocycles. The Kier molecular flexibility index (Phi) is 14.6. The van der Waals surface area contributed by atoms with Gasteiger partial charge in [-0.15, -0.1) is 0 Å². The van der Waals surface area contributed by atoms with Gasteiger partial charge in [-0.25, -0.2) is 0 Å². The second-order valence-corrected chi connectivity index (χ2v) is 16.5. The highest BCUT2D eigenvalue weighted by molar-refractivity contribution is 5.73. The molecule has 0 bridgehead atoms. The van der Waals surface area contributed by atoms with E-state index in [9.17, 15) is 30.3 Å². The zero-order chi connectivity index (χ0) is 37.3. The van der Waals surface area contributed by atoms with Gasteiger partial charge in [-0.2, -0.15) is 0 Å². The number of nitrogens with zero attached hydrogens (tertiary/aromatic N) is 1. The Morgan fingerprint density at radius 3 is 2.00 bits per heavy atom. The Balaban J connectivity index is 2.16. The Bertz CT molecular complexity index is 1050. The standard InChI is InChI=1S/C37H69NO11/c1-14-27-36(10,44)33(42)22(6)29(39)18(2)15-20(4)37(11,49-35-31(41)26(38(12)13)17-21(5)45-35)24(8)32(23(7)34(43)47-27)48-28-16-19(3)30(40)25(9)46-28/h18-33,35,39-42,44H,14-17H2,1-13H3/t18-,19?,20?,21?,22+,23?,24?,25?,26?,27?,28+,29+,30-,31-,32?,33-,35?,36-,37-/m1/s1. The van der Waals surface area contributed by atoms with Gasteiger partial charge in [-0.3, -0.25) is 4.79 Å². The Morgan fingerprint density at radius 1 is 0.857 bits per heavy atom. The van der Waals surface area contributed by atoms with Gasteiger partial charge in [-0.05, 0) is 85.7 Å². The molecule has 0 aliphatic carbocycles. The van der Waals surface area contributed by atoms with Crippen molar-refractivity contribution in [2.24, 2.45) is 35.5 Å². The number of ether oxygens (including phenoxy) is 5. The highest BCUT2D eigenvalue weighted by atomic mass is 16.7. The van der Waals surface area contributed by atoms with Crippen LogP contribution in [0.5, 0.6) is 0 Å². The number of carbonyl (C=O) groups is 1. The lowest BCUT2D eigenvalue weighted by Crippen LogP contribution is -2.61. The average molecular weight is 704 g/mol. The van der Waals surface area contributed by atoms with Gasteiger partial charge in [0.05, 0.1) is 48.1 Å². The topological polar surface area (TPSA) is 168 Å². The molecule has 3 rings (SSSR count). The molecule has 3 aliphatic heterocycles. The number of rotatable bonds is 6. The molecular formula is C37H69NO11. The van der Waals surface area contributed by atoms with Crippen LogP contribution in [0.15, 0.2) is 0 Å². The van der Waals surface area contributed by atoms with Crippen molar-refractivity contribution in [2.75, 3.05) is 14.1 Å². The molecule has 12 nitrogen and oxygen atoms in total. The lowest BCUT2D eigenvalue weighted by atomic mass is 9.69. The SMILES string of the molecule is CCC1OC(=O)C(C)C(O[C@H]2CC(C)[C@@H](O)C(C)O2)C(C)[C@](C)(OC2OC(C)CC(N(C)C)[C@H]2O)C(C)C[C@@H](C)[C@H](O)[C@H](C)[C@@H](O)[C@]1(C)O. The summed E-state index contributed by atoms with van der Waals surface area (Å²) in [6, 6.07) is -0.214. The van der Waals surface area contributed by atoms with Crippen molar-refractivity contribution in [1.82, 2.24) is 4.90 Å². The van der Waals surface area contributed by atoms with Crippen LogP contribution in [0.25, 0.3) is 0 Å². The molecule has 3 aliphatic rings. The summed E-state index contributed by atoms with van der Waals surface area (Å²) in [5.41, 5.74) is -2.94. The second kappa shape index (κ2) is 16.8.